The second-order valence-electron chi connectivity index (χ2n) is 4.02. The Morgan fingerprint density at radius 2 is 1.72 bits per heavy atom. The van der Waals surface area contributed by atoms with Crippen molar-refractivity contribution in [2.24, 2.45) is 0 Å². The fourth-order valence-corrected chi connectivity index (χ4v) is 1.82. The number of esters is 1. The van der Waals surface area contributed by atoms with Gasteiger partial charge in [-0.3, -0.25) is 0 Å². The number of nitrogens with two attached hydrogens (primary N) is 1. The maximum atomic E-state index is 12.0. The molecule has 18 heavy (non-hydrogen) atoms. The van der Waals surface area contributed by atoms with E-state index in [9.17, 15) is 4.79 Å². The van der Waals surface area contributed by atoms with Crippen molar-refractivity contribution in [1.29, 1.82) is 0 Å². The number of benzene rings is 1. The maximum Gasteiger partial charge on any atom is 0.340 e. The van der Waals surface area contributed by atoms with Gasteiger partial charge in [-0.15, -0.1) is 12.4 Å². The zero-order valence-electron chi connectivity index (χ0n) is 11.3. The maximum absolute atomic E-state index is 12.0. The molecule has 3 nitrogen and oxygen atoms in total. The molecule has 0 aliphatic heterocycles. The molecule has 1 aromatic rings. The average Bonchev–Trinajstić information content (AvgIpc) is 2.35. The summed E-state index contributed by atoms with van der Waals surface area (Å²) in [4.78, 5) is 12.0. The third-order valence-corrected chi connectivity index (χ3v) is 2.83. The van der Waals surface area contributed by atoms with Gasteiger partial charge in [0.25, 0.3) is 0 Å². The first kappa shape index (κ1) is 16.8. The van der Waals surface area contributed by atoms with Gasteiger partial charge in [-0.1, -0.05) is 32.9 Å². The van der Waals surface area contributed by atoms with Crippen molar-refractivity contribution in [3.63, 3.8) is 0 Å². The molecule has 102 valence electrons. The number of aryl methyl sites for hydroxylation is 2. The minimum atomic E-state index is -0.295. The molecule has 1 rings (SSSR count). The predicted molar refractivity (Wildman–Crippen MR) is 77.4 cm³/mol. The lowest BCUT2D eigenvalue weighted by Gasteiger charge is -2.13. The number of rotatable bonds is 5. The van der Waals surface area contributed by atoms with Crippen LogP contribution in [0.3, 0.4) is 0 Å². The number of hydrogen-bond acceptors (Lipinski definition) is 3. The summed E-state index contributed by atoms with van der Waals surface area (Å²) in [5.74, 6) is -0.295. The highest BCUT2D eigenvalue weighted by atomic mass is 35.5. The number of nitrogen functional groups attached to an aromatic ring is 1. The fourth-order valence-electron chi connectivity index (χ4n) is 1.82. The number of halogens is 1. The molecule has 2 N–H and O–H groups in total. The molecular formula is C14H22ClNO2. The van der Waals surface area contributed by atoms with E-state index in [1.165, 1.54) is 0 Å². The van der Waals surface area contributed by atoms with Crippen LogP contribution >= 0.6 is 12.4 Å². The van der Waals surface area contributed by atoms with Gasteiger partial charge in [0.15, 0.2) is 0 Å². The minimum absolute atomic E-state index is 0. The van der Waals surface area contributed by atoms with Crippen molar-refractivity contribution in [2.45, 2.75) is 40.0 Å². The smallest absolute Gasteiger partial charge is 0.340 e. The monoisotopic (exact) mass is 271 g/mol. The number of carbonyl (C=O) groups is 1. The summed E-state index contributed by atoms with van der Waals surface area (Å²) < 4.78 is 5.18. The molecule has 0 saturated heterocycles. The van der Waals surface area contributed by atoms with Crippen LogP contribution in [0.1, 0.15) is 48.7 Å². The van der Waals surface area contributed by atoms with Crippen LogP contribution in [0.5, 0.6) is 0 Å². The Balaban J connectivity index is 0.00000289. The molecule has 0 radical (unpaired) electrons. The summed E-state index contributed by atoms with van der Waals surface area (Å²) in [6.07, 6.45) is 2.43. The van der Waals surface area contributed by atoms with Gasteiger partial charge >= 0.3 is 5.97 Å². The summed E-state index contributed by atoms with van der Waals surface area (Å²) in [5, 5.41) is 0. The first-order valence-electron chi connectivity index (χ1n) is 6.22. The Kier molecular flexibility index (Phi) is 7.44. The number of anilines is 1. The van der Waals surface area contributed by atoms with Gasteiger partial charge in [0.1, 0.15) is 0 Å². The van der Waals surface area contributed by atoms with Crippen molar-refractivity contribution < 1.29 is 9.53 Å². The molecule has 1 aromatic carbocycles. The molecule has 4 heteroatoms. The van der Waals surface area contributed by atoms with Crippen molar-refractivity contribution >= 4 is 24.1 Å². The van der Waals surface area contributed by atoms with Crippen LogP contribution in [0, 0.1) is 0 Å². The van der Waals surface area contributed by atoms with Crippen LogP contribution in [0.4, 0.5) is 5.69 Å². The SMILES string of the molecule is CCCOC(=O)c1c(CC)ccc(CC)c1N.Cl. The topological polar surface area (TPSA) is 52.3 Å². The lowest BCUT2D eigenvalue weighted by atomic mass is 9.98. The molecule has 0 aliphatic rings. The first-order valence-corrected chi connectivity index (χ1v) is 6.22. The van der Waals surface area contributed by atoms with Crippen LogP contribution in [0.25, 0.3) is 0 Å². The van der Waals surface area contributed by atoms with Crippen LogP contribution in [-0.2, 0) is 17.6 Å². The van der Waals surface area contributed by atoms with E-state index in [2.05, 4.69) is 0 Å². The van der Waals surface area contributed by atoms with Gasteiger partial charge in [0.05, 0.1) is 12.2 Å². The molecule has 0 atom stereocenters. The zero-order chi connectivity index (χ0) is 12.8. The van der Waals surface area contributed by atoms with E-state index >= 15 is 0 Å². The van der Waals surface area contributed by atoms with Gasteiger partial charge in [-0.2, -0.15) is 0 Å². The predicted octanol–water partition coefficient (Wildman–Crippen LogP) is 3.38. The fraction of sp³-hybridized carbons (Fsp3) is 0.500. The van der Waals surface area contributed by atoms with E-state index in [0.717, 1.165) is 30.4 Å². The van der Waals surface area contributed by atoms with E-state index in [1.54, 1.807) is 0 Å². The van der Waals surface area contributed by atoms with E-state index in [1.807, 2.05) is 32.9 Å². The van der Waals surface area contributed by atoms with Crippen LogP contribution in [-0.4, -0.2) is 12.6 Å². The largest absolute Gasteiger partial charge is 0.462 e. The molecule has 0 heterocycles. The van der Waals surface area contributed by atoms with Crippen molar-refractivity contribution in [3.05, 3.63) is 28.8 Å². The quantitative estimate of drug-likeness (QED) is 0.660. The van der Waals surface area contributed by atoms with Crippen LogP contribution < -0.4 is 5.73 Å². The summed E-state index contributed by atoms with van der Waals surface area (Å²) in [6, 6.07) is 3.96. The summed E-state index contributed by atoms with van der Waals surface area (Å²) in [5.41, 5.74) is 9.14. The Labute approximate surface area is 115 Å². The van der Waals surface area contributed by atoms with Gasteiger partial charge in [0.2, 0.25) is 0 Å². The molecule has 0 amide bonds. The van der Waals surface area contributed by atoms with Crippen LogP contribution in [0.2, 0.25) is 0 Å². The molecule has 0 bridgehead atoms. The Hall–Kier alpha value is -1.22. The lowest BCUT2D eigenvalue weighted by molar-refractivity contribution is 0.0505. The van der Waals surface area contributed by atoms with Gasteiger partial charge < -0.3 is 10.5 Å². The molecule has 0 aromatic heterocycles. The lowest BCUT2D eigenvalue weighted by Crippen LogP contribution is -2.13. The van der Waals surface area contributed by atoms with Gasteiger partial charge in [-0.05, 0) is 30.4 Å². The first-order chi connectivity index (χ1) is 8.15. The number of ether oxygens (including phenoxy) is 1. The third-order valence-electron chi connectivity index (χ3n) is 2.83. The molecule has 0 fully saturated rings. The second-order valence-corrected chi connectivity index (χ2v) is 4.02. The van der Waals surface area contributed by atoms with Crippen LogP contribution in [0.15, 0.2) is 12.1 Å². The number of hydrogen-bond donors (Lipinski definition) is 1. The van der Waals surface area contributed by atoms with Gasteiger partial charge in [-0.25, -0.2) is 4.79 Å². The molecule has 0 unspecified atom stereocenters. The highest BCUT2D eigenvalue weighted by Crippen LogP contribution is 2.24. The second kappa shape index (κ2) is 7.98. The summed E-state index contributed by atoms with van der Waals surface area (Å²) in [7, 11) is 0. The van der Waals surface area contributed by atoms with Crippen molar-refractivity contribution in [3.8, 4) is 0 Å². The summed E-state index contributed by atoms with van der Waals surface area (Å²) >= 11 is 0. The highest BCUT2D eigenvalue weighted by Gasteiger charge is 2.17. The molecule has 0 spiro atoms. The zero-order valence-corrected chi connectivity index (χ0v) is 12.1. The standard InChI is InChI=1S/C14H21NO2.ClH/c1-4-9-17-14(16)12-10(5-2)7-8-11(6-3)13(12)15;/h7-8H,4-6,9,15H2,1-3H3;1H. The average molecular weight is 272 g/mol. The van der Waals surface area contributed by atoms with E-state index in [0.29, 0.717) is 17.9 Å². The van der Waals surface area contributed by atoms with Gasteiger partial charge in [0, 0.05) is 5.69 Å². The molecule has 0 saturated carbocycles. The Morgan fingerprint density at radius 3 is 2.22 bits per heavy atom. The molecular weight excluding hydrogens is 250 g/mol. The highest BCUT2D eigenvalue weighted by molar-refractivity contribution is 5.97. The Morgan fingerprint density at radius 1 is 1.17 bits per heavy atom. The molecule has 0 aliphatic carbocycles. The Bertz CT molecular complexity index is 405. The summed E-state index contributed by atoms with van der Waals surface area (Å²) in [6.45, 7) is 6.45. The number of carbonyl (C=O) groups excluding carboxylic acids is 1. The minimum Gasteiger partial charge on any atom is -0.462 e. The van der Waals surface area contributed by atoms with E-state index < -0.39 is 0 Å². The van der Waals surface area contributed by atoms with Crippen molar-refractivity contribution in [2.75, 3.05) is 12.3 Å². The third kappa shape index (κ3) is 3.64. The van der Waals surface area contributed by atoms with E-state index in [-0.39, 0.29) is 18.4 Å². The van der Waals surface area contributed by atoms with Crippen molar-refractivity contribution in [1.82, 2.24) is 0 Å². The van der Waals surface area contributed by atoms with E-state index in [4.69, 9.17) is 10.5 Å². The normalized spacial score (nSPS) is 9.72.